The van der Waals surface area contributed by atoms with E-state index in [0.717, 1.165) is 31.9 Å². The number of hydrogen-bond acceptors (Lipinski definition) is 3. The van der Waals surface area contributed by atoms with Crippen molar-refractivity contribution in [3.63, 3.8) is 0 Å². The minimum atomic E-state index is 0.842. The van der Waals surface area contributed by atoms with Gasteiger partial charge in [-0.25, -0.2) is 9.97 Å². The van der Waals surface area contributed by atoms with Crippen LogP contribution in [0.4, 0.5) is 0 Å². The smallest absolute Gasteiger partial charge is 0.0950 e. The zero-order valence-corrected chi connectivity index (χ0v) is 9.50. The van der Waals surface area contributed by atoms with E-state index in [-0.39, 0.29) is 0 Å². The molecule has 2 rings (SSSR count). The monoisotopic (exact) mass is 219 g/mol. The molecular weight excluding hydrogens is 202 g/mol. The van der Waals surface area contributed by atoms with Crippen LogP contribution in [0.25, 0.3) is 0 Å². The molecular formula is C11H17N5. The van der Waals surface area contributed by atoms with Crippen molar-refractivity contribution in [2.45, 2.75) is 26.6 Å². The zero-order valence-electron chi connectivity index (χ0n) is 9.50. The van der Waals surface area contributed by atoms with Gasteiger partial charge in [0.05, 0.1) is 18.3 Å². The van der Waals surface area contributed by atoms with Crippen molar-refractivity contribution >= 4 is 0 Å². The summed E-state index contributed by atoms with van der Waals surface area (Å²) in [5.74, 6) is 0. The summed E-state index contributed by atoms with van der Waals surface area (Å²) in [6, 6.07) is 0. The van der Waals surface area contributed by atoms with Gasteiger partial charge in [0.1, 0.15) is 0 Å². The van der Waals surface area contributed by atoms with Gasteiger partial charge in [0, 0.05) is 38.2 Å². The largest absolute Gasteiger partial charge is 0.336 e. The predicted octanol–water partition coefficient (Wildman–Crippen LogP) is 0.889. The molecule has 0 amide bonds. The van der Waals surface area contributed by atoms with Gasteiger partial charge >= 0.3 is 0 Å². The first-order valence-electron chi connectivity index (χ1n) is 5.55. The summed E-state index contributed by atoms with van der Waals surface area (Å²) in [5.41, 5.74) is 1.09. The maximum Gasteiger partial charge on any atom is 0.0950 e. The molecule has 1 N–H and O–H groups in total. The summed E-state index contributed by atoms with van der Waals surface area (Å²) in [4.78, 5) is 8.34. The number of nitrogens with one attached hydrogen (secondary N) is 1. The quantitative estimate of drug-likeness (QED) is 0.785. The van der Waals surface area contributed by atoms with E-state index in [0.29, 0.717) is 0 Å². The number of aromatic nitrogens is 4. The third-order valence-electron chi connectivity index (χ3n) is 2.42. The van der Waals surface area contributed by atoms with Crippen LogP contribution >= 0.6 is 0 Å². The van der Waals surface area contributed by atoms with Gasteiger partial charge in [0.25, 0.3) is 0 Å². The van der Waals surface area contributed by atoms with E-state index in [1.807, 2.05) is 18.9 Å². The van der Waals surface area contributed by atoms with Crippen LogP contribution in [0.15, 0.2) is 31.2 Å². The molecule has 0 aromatic carbocycles. The van der Waals surface area contributed by atoms with E-state index < -0.39 is 0 Å². The molecule has 0 radical (unpaired) electrons. The fourth-order valence-electron chi connectivity index (χ4n) is 1.52. The van der Waals surface area contributed by atoms with Crippen LogP contribution in [0, 0.1) is 0 Å². The lowest BCUT2D eigenvalue weighted by Crippen LogP contribution is -2.11. The number of imidazole rings is 2. The van der Waals surface area contributed by atoms with Crippen molar-refractivity contribution in [2.75, 3.05) is 6.54 Å². The minimum absolute atomic E-state index is 0.842. The number of aryl methyl sites for hydroxylation is 2. The average molecular weight is 219 g/mol. The van der Waals surface area contributed by atoms with Crippen molar-refractivity contribution < 1.29 is 0 Å². The predicted molar refractivity (Wildman–Crippen MR) is 61.8 cm³/mol. The van der Waals surface area contributed by atoms with Crippen LogP contribution in [0.2, 0.25) is 0 Å². The summed E-state index contributed by atoms with van der Waals surface area (Å²) >= 11 is 0. The second kappa shape index (κ2) is 5.46. The van der Waals surface area contributed by atoms with Gasteiger partial charge < -0.3 is 14.5 Å². The van der Waals surface area contributed by atoms with Crippen molar-refractivity contribution in [3.8, 4) is 0 Å². The molecule has 2 aromatic heterocycles. The highest BCUT2D eigenvalue weighted by Crippen LogP contribution is 1.97. The first-order chi connectivity index (χ1) is 7.88. The molecule has 2 heterocycles. The molecule has 86 valence electrons. The Labute approximate surface area is 95.1 Å². The molecule has 5 nitrogen and oxygen atoms in total. The number of rotatable bonds is 6. The minimum Gasteiger partial charge on any atom is -0.336 e. The lowest BCUT2D eigenvalue weighted by atomic mass is 10.4. The lowest BCUT2D eigenvalue weighted by molar-refractivity contribution is 0.577. The molecule has 2 aromatic rings. The Balaban J connectivity index is 1.83. The molecule has 0 saturated heterocycles. The summed E-state index contributed by atoms with van der Waals surface area (Å²) in [6.07, 6.45) is 9.56. The molecule has 0 atom stereocenters. The molecule has 0 spiro atoms. The van der Waals surface area contributed by atoms with E-state index in [4.69, 9.17) is 0 Å². The third kappa shape index (κ3) is 2.93. The van der Waals surface area contributed by atoms with Crippen molar-refractivity contribution in [2.24, 2.45) is 0 Å². The maximum atomic E-state index is 4.33. The molecule has 0 aliphatic rings. The number of nitrogens with zero attached hydrogens (tertiary/aromatic N) is 4. The second-order valence-corrected chi connectivity index (χ2v) is 3.68. The third-order valence-corrected chi connectivity index (χ3v) is 2.42. The van der Waals surface area contributed by atoms with Gasteiger partial charge in [-0.3, -0.25) is 0 Å². The molecule has 0 saturated carbocycles. The second-order valence-electron chi connectivity index (χ2n) is 3.68. The Morgan fingerprint density at radius 1 is 1.25 bits per heavy atom. The first kappa shape index (κ1) is 10.9. The fourth-order valence-corrected chi connectivity index (χ4v) is 1.52. The Morgan fingerprint density at radius 2 is 2.12 bits per heavy atom. The Kier molecular flexibility index (Phi) is 3.71. The van der Waals surface area contributed by atoms with Crippen molar-refractivity contribution in [1.82, 2.24) is 24.4 Å². The van der Waals surface area contributed by atoms with E-state index >= 15 is 0 Å². The van der Waals surface area contributed by atoms with Crippen molar-refractivity contribution in [1.29, 1.82) is 0 Å². The number of hydrogen-bond donors (Lipinski definition) is 1. The van der Waals surface area contributed by atoms with Gasteiger partial charge in [-0.1, -0.05) is 6.92 Å². The molecule has 5 heteroatoms. The summed E-state index contributed by atoms with van der Waals surface area (Å²) in [7, 11) is 0. The highest BCUT2D eigenvalue weighted by molar-refractivity contribution is 4.96. The highest BCUT2D eigenvalue weighted by Gasteiger charge is 1.98. The molecule has 16 heavy (non-hydrogen) atoms. The molecule has 0 unspecified atom stereocenters. The SMILES string of the molecule is CCNCc1cn(CCn2ccnc2)cn1. The molecule has 0 aliphatic heterocycles. The van der Waals surface area contributed by atoms with Crippen LogP contribution in [0.3, 0.4) is 0 Å². The van der Waals surface area contributed by atoms with E-state index in [1.54, 1.807) is 6.20 Å². The summed E-state index contributed by atoms with van der Waals surface area (Å²) < 4.78 is 4.16. The maximum absolute atomic E-state index is 4.33. The average Bonchev–Trinajstić information content (AvgIpc) is 2.95. The van der Waals surface area contributed by atoms with Crippen molar-refractivity contribution in [3.05, 3.63) is 36.9 Å². The Bertz CT molecular complexity index is 404. The van der Waals surface area contributed by atoms with E-state index in [2.05, 4.69) is 37.5 Å². The summed E-state index contributed by atoms with van der Waals surface area (Å²) in [6.45, 7) is 5.76. The standard InChI is InChI=1S/C11H17N5/c1-2-12-7-11-8-16(10-14-11)6-5-15-4-3-13-9-15/h3-4,8-10,12H,2,5-7H2,1H3. The van der Waals surface area contributed by atoms with Gasteiger partial charge in [-0.2, -0.15) is 0 Å². The molecule has 0 fully saturated rings. The topological polar surface area (TPSA) is 47.7 Å². The zero-order chi connectivity index (χ0) is 11.2. The fraction of sp³-hybridized carbons (Fsp3) is 0.455. The van der Waals surface area contributed by atoms with E-state index in [1.165, 1.54) is 0 Å². The Morgan fingerprint density at radius 3 is 2.88 bits per heavy atom. The Hall–Kier alpha value is -1.62. The molecule has 0 aliphatic carbocycles. The van der Waals surface area contributed by atoms with Crippen LogP contribution < -0.4 is 5.32 Å². The van der Waals surface area contributed by atoms with Gasteiger partial charge in [-0.15, -0.1) is 0 Å². The molecule has 0 bridgehead atoms. The van der Waals surface area contributed by atoms with Crippen LogP contribution in [-0.2, 0) is 19.6 Å². The van der Waals surface area contributed by atoms with Crippen LogP contribution in [-0.4, -0.2) is 25.6 Å². The van der Waals surface area contributed by atoms with Crippen LogP contribution in [0.1, 0.15) is 12.6 Å². The van der Waals surface area contributed by atoms with Gasteiger partial charge in [0.15, 0.2) is 0 Å². The van der Waals surface area contributed by atoms with E-state index in [9.17, 15) is 0 Å². The van der Waals surface area contributed by atoms with Crippen LogP contribution in [0.5, 0.6) is 0 Å². The van der Waals surface area contributed by atoms with Gasteiger partial charge in [0.2, 0.25) is 0 Å². The first-order valence-corrected chi connectivity index (χ1v) is 5.55. The summed E-state index contributed by atoms with van der Waals surface area (Å²) in [5, 5.41) is 3.26. The normalized spacial score (nSPS) is 10.8. The lowest BCUT2D eigenvalue weighted by Gasteiger charge is -2.02. The highest BCUT2D eigenvalue weighted by atomic mass is 15.1. The van der Waals surface area contributed by atoms with Gasteiger partial charge in [-0.05, 0) is 6.54 Å².